The van der Waals surface area contributed by atoms with Crippen LogP contribution in [0.1, 0.15) is 146 Å². The molecule has 0 heterocycles. The lowest BCUT2D eigenvalue weighted by Crippen LogP contribution is -2.15. The predicted octanol–water partition coefficient (Wildman–Crippen LogP) is 12.7. The van der Waals surface area contributed by atoms with E-state index in [0.717, 1.165) is 61.3 Å². The molecule has 1 saturated carbocycles. The van der Waals surface area contributed by atoms with E-state index in [1.54, 1.807) is 24.3 Å². The predicted molar refractivity (Wildman–Crippen MR) is 207 cm³/mol. The van der Waals surface area contributed by atoms with Gasteiger partial charge in [0.05, 0.1) is 24.9 Å². The molecule has 3 aromatic rings. The first-order valence-corrected chi connectivity index (χ1v) is 20.0. The second-order valence-corrected chi connectivity index (χ2v) is 14.3. The summed E-state index contributed by atoms with van der Waals surface area (Å²) in [5.41, 5.74) is 2.76. The van der Waals surface area contributed by atoms with Gasteiger partial charge in [0, 0.05) is 6.42 Å². The minimum atomic E-state index is -0.290. The second-order valence-electron chi connectivity index (χ2n) is 14.3. The smallest absolute Gasteiger partial charge is 0.338 e. The molecule has 51 heavy (non-hydrogen) atoms. The maximum absolute atomic E-state index is 12.5. The lowest BCUT2D eigenvalue weighted by Gasteiger charge is -2.13. The van der Waals surface area contributed by atoms with Crippen molar-refractivity contribution in [1.29, 1.82) is 0 Å². The van der Waals surface area contributed by atoms with Crippen molar-refractivity contribution in [2.45, 2.75) is 142 Å². The number of carbonyl (C=O) groups is 2. The highest BCUT2D eigenvalue weighted by Gasteiger charge is 2.19. The molecule has 4 rings (SSSR count). The monoisotopic (exact) mass is 698 g/mol. The van der Waals surface area contributed by atoms with E-state index in [0.29, 0.717) is 30.3 Å². The summed E-state index contributed by atoms with van der Waals surface area (Å²) < 4.78 is 23.1. The summed E-state index contributed by atoms with van der Waals surface area (Å²) in [6, 6.07) is 23.4. The van der Waals surface area contributed by atoms with Gasteiger partial charge < -0.3 is 18.9 Å². The van der Waals surface area contributed by atoms with Gasteiger partial charge in [-0.2, -0.15) is 0 Å². The Hall–Kier alpha value is -3.80. The number of unbranched alkanes of at least 4 members (excludes halogenated alkanes) is 11. The minimum absolute atomic E-state index is 0.0104. The molecule has 0 amide bonds. The van der Waals surface area contributed by atoms with Gasteiger partial charge in [0.25, 0.3) is 0 Å². The molecule has 1 aliphatic carbocycles. The molecule has 0 N–H and O–H groups in total. The molecule has 0 spiro atoms. The normalized spacial score (nSPS) is 13.5. The van der Waals surface area contributed by atoms with Crippen molar-refractivity contribution in [1.82, 2.24) is 0 Å². The standard InChI is InChI=1S/C45H62O6/c1-3-4-5-13-18-36(2)50-45(47)40-25-31-43(32-26-40)51-42-29-23-39(24-30-42)38-21-27-41(28-22-38)48-33-16-11-9-7-6-8-10-12-17-34-49-44(46)35-37-19-14-15-20-37/h21-32,36-37H,3-20,33-35H2,1-2H3/t36-/m1/s1. The maximum Gasteiger partial charge on any atom is 0.338 e. The van der Waals surface area contributed by atoms with E-state index in [1.807, 2.05) is 43.3 Å². The van der Waals surface area contributed by atoms with Gasteiger partial charge in [0.2, 0.25) is 0 Å². The summed E-state index contributed by atoms with van der Waals surface area (Å²) in [6.45, 7) is 5.49. The summed E-state index contributed by atoms with van der Waals surface area (Å²) >= 11 is 0. The van der Waals surface area contributed by atoms with Crippen LogP contribution in [-0.4, -0.2) is 31.3 Å². The highest BCUT2D eigenvalue weighted by Crippen LogP contribution is 2.29. The molecular formula is C45H62O6. The number of esters is 2. The van der Waals surface area contributed by atoms with E-state index < -0.39 is 0 Å². The third-order valence-electron chi connectivity index (χ3n) is 9.89. The number of hydrogen-bond acceptors (Lipinski definition) is 6. The van der Waals surface area contributed by atoms with Crippen LogP contribution < -0.4 is 9.47 Å². The first-order valence-electron chi connectivity index (χ1n) is 20.0. The number of carbonyl (C=O) groups excluding carboxylic acids is 2. The molecule has 6 nitrogen and oxygen atoms in total. The van der Waals surface area contributed by atoms with Crippen molar-refractivity contribution < 1.29 is 28.5 Å². The lowest BCUT2D eigenvalue weighted by molar-refractivity contribution is -0.144. The SMILES string of the molecule is CCCCCC[C@@H](C)OC(=O)c1ccc(Oc2ccc(-c3ccc(OCCCCCCCCCCCOC(=O)CC4CCCC4)cc3)cc2)cc1. The molecule has 278 valence electrons. The average molecular weight is 699 g/mol. The Balaban J connectivity index is 1.02. The number of hydrogen-bond donors (Lipinski definition) is 0. The zero-order valence-electron chi connectivity index (χ0n) is 31.4. The van der Waals surface area contributed by atoms with Crippen molar-refractivity contribution in [2.75, 3.05) is 13.2 Å². The van der Waals surface area contributed by atoms with Crippen LogP contribution in [0.5, 0.6) is 17.2 Å². The zero-order valence-corrected chi connectivity index (χ0v) is 31.4. The fourth-order valence-corrected chi connectivity index (χ4v) is 6.75. The highest BCUT2D eigenvalue weighted by atomic mass is 16.5. The van der Waals surface area contributed by atoms with E-state index in [4.69, 9.17) is 18.9 Å². The van der Waals surface area contributed by atoms with Crippen LogP contribution in [0.25, 0.3) is 11.1 Å². The van der Waals surface area contributed by atoms with E-state index in [2.05, 4.69) is 19.1 Å². The van der Waals surface area contributed by atoms with Crippen molar-refractivity contribution in [3.63, 3.8) is 0 Å². The molecule has 0 bridgehead atoms. The van der Waals surface area contributed by atoms with Crippen molar-refractivity contribution in [3.8, 4) is 28.4 Å². The topological polar surface area (TPSA) is 71.1 Å². The fourth-order valence-electron chi connectivity index (χ4n) is 6.75. The van der Waals surface area contributed by atoms with Gasteiger partial charge in [-0.1, -0.05) is 108 Å². The second kappa shape index (κ2) is 23.6. The Morgan fingerprint density at radius 3 is 1.73 bits per heavy atom. The fraction of sp³-hybridized carbons (Fsp3) is 0.556. The van der Waals surface area contributed by atoms with Crippen molar-refractivity contribution in [2.24, 2.45) is 5.92 Å². The van der Waals surface area contributed by atoms with Gasteiger partial charge >= 0.3 is 11.9 Å². The van der Waals surface area contributed by atoms with E-state index in [1.165, 1.54) is 83.5 Å². The van der Waals surface area contributed by atoms with Crippen LogP contribution in [0, 0.1) is 5.92 Å². The molecular weight excluding hydrogens is 636 g/mol. The maximum atomic E-state index is 12.5. The molecule has 0 saturated heterocycles. The summed E-state index contributed by atoms with van der Waals surface area (Å²) in [5, 5.41) is 0. The van der Waals surface area contributed by atoms with Crippen molar-refractivity contribution >= 4 is 11.9 Å². The van der Waals surface area contributed by atoms with E-state index >= 15 is 0 Å². The first-order chi connectivity index (χ1) is 25.0. The number of rotatable bonds is 25. The molecule has 0 unspecified atom stereocenters. The van der Waals surface area contributed by atoms with E-state index in [9.17, 15) is 9.59 Å². The largest absolute Gasteiger partial charge is 0.494 e. The third kappa shape index (κ3) is 16.0. The number of benzene rings is 3. The molecule has 3 aromatic carbocycles. The van der Waals surface area contributed by atoms with Crippen LogP contribution in [0.3, 0.4) is 0 Å². The summed E-state index contributed by atoms with van der Waals surface area (Å²) in [4.78, 5) is 24.4. The molecule has 1 aliphatic rings. The molecule has 1 fully saturated rings. The quantitative estimate of drug-likeness (QED) is 0.0648. The average Bonchev–Trinajstić information content (AvgIpc) is 3.66. The molecule has 6 heteroatoms. The van der Waals surface area contributed by atoms with Gasteiger partial charge in [-0.15, -0.1) is 0 Å². The Morgan fingerprint density at radius 1 is 0.627 bits per heavy atom. The molecule has 0 aromatic heterocycles. The van der Waals surface area contributed by atoms with Crippen LogP contribution in [-0.2, 0) is 14.3 Å². The first kappa shape index (κ1) is 40.0. The minimum Gasteiger partial charge on any atom is -0.494 e. The van der Waals surface area contributed by atoms with Gasteiger partial charge in [-0.3, -0.25) is 4.79 Å². The lowest BCUT2D eigenvalue weighted by atomic mass is 10.0. The van der Waals surface area contributed by atoms with Crippen LogP contribution in [0.15, 0.2) is 72.8 Å². The summed E-state index contributed by atoms with van der Waals surface area (Å²) in [6.07, 6.45) is 21.8. The summed E-state index contributed by atoms with van der Waals surface area (Å²) in [7, 11) is 0. The Kier molecular flexibility index (Phi) is 18.5. The van der Waals surface area contributed by atoms with Gasteiger partial charge in [0.15, 0.2) is 0 Å². The van der Waals surface area contributed by atoms with Gasteiger partial charge in [-0.25, -0.2) is 4.79 Å². The zero-order chi connectivity index (χ0) is 35.9. The van der Waals surface area contributed by atoms with Crippen molar-refractivity contribution in [3.05, 3.63) is 78.4 Å². The molecule has 0 radical (unpaired) electrons. The Labute approximate surface area is 307 Å². The third-order valence-corrected chi connectivity index (χ3v) is 9.89. The molecule has 1 atom stereocenters. The van der Waals surface area contributed by atoms with Crippen LogP contribution in [0.4, 0.5) is 0 Å². The highest BCUT2D eigenvalue weighted by molar-refractivity contribution is 5.89. The number of ether oxygens (including phenoxy) is 4. The molecule has 0 aliphatic heterocycles. The van der Waals surface area contributed by atoms with Crippen LogP contribution in [0.2, 0.25) is 0 Å². The van der Waals surface area contributed by atoms with Gasteiger partial charge in [-0.05, 0) is 111 Å². The van der Waals surface area contributed by atoms with E-state index in [-0.39, 0.29) is 18.0 Å². The Morgan fingerprint density at radius 2 is 1.14 bits per heavy atom. The summed E-state index contributed by atoms with van der Waals surface area (Å²) in [5.74, 6) is 2.60. The Bertz CT molecular complexity index is 1380. The van der Waals surface area contributed by atoms with Crippen LogP contribution >= 0.6 is 0 Å². The van der Waals surface area contributed by atoms with Gasteiger partial charge in [0.1, 0.15) is 17.2 Å².